The van der Waals surface area contributed by atoms with E-state index >= 15 is 0 Å². The third-order valence-electron chi connectivity index (χ3n) is 5.68. The van der Waals surface area contributed by atoms with E-state index in [4.69, 9.17) is 4.12 Å². The van der Waals surface area contributed by atoms with Crippen LogP contribution in [-0.2, 0) is 4.12 Å². The molecule has 1 nitrogen and oxygen atoms in total. The molecule has 0 saturated heterocycles. The average molecular weight is 355 g/mol. The first-order chi connectivity index (χ1) is 10.0. The maximum atomic E-state index is 7.25. The van der Waals surface area contributed by atoms with E-state index in [9.17, 15) is 0 Å². The molecule has 2 atom stereocenters. The van der Waals surface area contributed by atoms with Gasteiger partial charge >= 0.3 is 0 Å². The van der Waals surface area contributed by atoms with Crippen molar-refractivity contribution in [3.05, 3.63) is 24.3 Å². The van der Waals surface area contributed by atoms with Gasteiger partial charge in [-0.2, -0.15) is 0 Å². The second-order valence-corrected chi connectivity index (χ2v) is 19.7. The molecule has 0 aliphatic carbocycles. The van der Waals surface area contributed by atoms with Gasteiger partial charge in [0.25, 0.3) is 0 Å². The largest absolute Gasteiger partial charge is 0.454 e. The van der Waals surface area contributed by atoms with Gasteiger partial charge in [0.2, 0.25) is 0 Å². The first-order valence-corrected chi connectivity index (χ1v) is 14.3. The van der Waals surface area contributed by atoms with Gasteiger partial charge in [-0.1, -0.05) is 52.7 Å². The zero-order chi connectivity index (χ0) is 18.7. The molecule has 3 heteroatoms. The Bertz CT molecular complexity index is 388. The minimum Gasteiger partial charge on any atom is -0.454 e. The van der Waals surface area contributed by atoms with Crippen LogP contribution in [0.15, 0.2) is 24.3 Å². The molecule has 0 spiro atoms. The van der Waals surface area contributed by atoms with Gasteiger partial charge in [-0.25, -0.2) is 0 Å². The van der Waals surface area contributed by atoms with Crippen LogP contribution >= 0.6 is 0 Å². The van der Waals surface area contributed by atoms with Crippen LogP contribution in [0.25, 0.3) is 0 Å². The Hall–Kier alpha value is -0.126. The van der Waals surface area contributed by atoms with E-state index in [0.29, 0.717) is 0 Å². The van der Waals surface area contributed by atoms with Crippen LogP contribution in [0.5, 0.6) is 0 Å². The van der Waals surface area contributed by atoms with Crippen molar-refractivity contribution in [3.8, 4) is 0 Å². The summed E-state index contributed by atoms with van der Waals surface area (Å²) >= 11 is 0. The summed E-state index contributed by atoms with van der Waals surface area (Å²) in [7, 11) is -3.72. The van der Waals surface area contributed by atoms with E-state index in [0.717, 1.165) is 12.8 Å². The summed E-state index contributed by atoms with van der Waals surface area (Å²) in [5.74, 6) is 0. The molecule has 23 heavy (non-hydrogen) atoms. The first-order valence-electron chi connectivity index (χ1n) is 9.03. The van der Waals surface area contributed by atoms with Gasteiger partial charge in [-0.3, -0.25) is 0 Å². The lowest BCUT2D eigenvalue weighted by Gasteiger charge is -2.50. The molecule has 0 N–H and O–H groups in total. The average Bonchev–Trinajstić information content (AvgIpc) is 2.31. The van der Waals surface area contributed by atoms with Crippen molar-refractivity contribution in [1.29, 1.82) is 0 Å². The number of rotatable bonds is 8. The van der Waals surface area contributed by atoms with Gasteiger partial charge in [0.15, 0.2) is 16.6 Å². The molecule has 0 fully saturated rings. The Morgan fingerprint density at radius 1 is 0.739 bits per heavy atom. The topological polar surface area (TPSA) is 9.23 Å². The molecule has 0 radical (unpaired) electrons. The number of hydrogen-bond donors (Lipinski definition) is 0. The Morgan fingerprint density at radius 2 is 1.00 bits per heavy atom. The summed E-state index contributed by atoms with van der Waals surface area (Å²) < 4.78 is 7.25. The standard InChI is InChI=1S/C20H42OSi2/c1-17(2)13-15-22(11,19(5,6)7)21-23(12,20(8,9)10)16-14-18(3)4/h1,3,13-16H2,2,4-12H3. The van der Waals surface area contributed by atoms with Crippen LogP contribution in [0.2, 0.25) is 35.3 Å². The summed E-state index contributed by atoms with van der Waals surface area (Å²) in [4.78, 5) is 0. The quantitative estimate of drug-likeness (QED) is 0.320. The third kappa shape index (κ3) is 6.71. The Balaban J connectivity index is 5.60. The van der Waals surface area contributed by atoms with Gasteiger partial charge in [-0.05, 0) is 61.9 Å². The summed E-state index contributed by atoms with van der Waals surface area (Å²) in [6.07, 6.45) is 2.18. The minimum atomic E-state index is -1.86. The molecule has 0 bridgehead atoms. The van der Waals surface area contributed by atoms with Crippen molar-refractivity contribution in [2.45, 2.75) is 103 Å². The van der Waals surface area contributed by atoms with Gasteiger partial charge in [0, 0.05) is 0 Å². The highest BCUT2D eigenvalue weighted by Crippen LogP contribution is 2.49. The molecule has 0 aliphatic heterocycles. The summed E-state index contributed by atoms with van der Waals surface area (Å²) in [5.41, 5.74) is 2.55. The predicted octanol–water partition coefficient (Wildman–Crippen LogP) is 7.69. The third-order valence-corrected chi connectivity index (χ3v) is 18.0. The van der Waals surface area contributed by atoms with E-state index in [2.05, 4.69) is 81.6 Å². The van der Waals surface area contributed by atoms with E-state index in [1.54, 1.807) is 0 Å². The van der Waals surface area contributed by atoms with Crippen molar-refractivity contribution in [3.63, 3.8) is 0 Å². The molecule has 2 unspecified atom stereocenters. The van der Waals surface area contributed by atoms with Gasteiger partial charge in [0.05, 0.1) is 0 Å². The Kier molecular flexibility index (Phi) is 7.79. The maximum absolute atomic E-state index is 7.25. The van der Waals surface area contributed by atoms with Crippen LogP contribution < -0.4 is 0 Å². The molecular formula is C20H42OSi2. The zero-order valence-electron chi connectivity index (χ0n) is 17.7. The van der Waals surface area contributed by atoms with Crippen molar-refractivity contribution < 1.29 is 4.12 Å². The summed E-state index contributed by atoms with van der Waals surface area (Å²) in [6.45, 7) is 31.6. The van der Waals surface area contributed by atoms with Crippen molar-refractivity contribution >= 4 is 16.6 Å². The predicted molar refractivity (Wildman–Crippen MR) is 112 cm³/mol. The molecule has 0 rings (SSSR count). The van der Waals surface area contributed by atoms with E-state index in [1.165, 1.54) is 23.2 Å². The lowest BCUT2D eigenvalue weighted by atomic mass is 10.2. The fourth-order valence-electron chi connectivity index (χ4n) is 2.56. The number of hydrogen-bond acceptors (Lipinski definition) is 1. The van der Waals surface area contributed by atoms with Crippen molar-refractivity contribution in [2.24, 2.45) is 0 Å². The normalized spacial score (nSPS) is 18.2. The lowest BCUT2D eigenvalue weighted by molar-refractivity contribution is 0.431. The molecule has 0 heterocycles. The van der Waals surface area contributed by atoms with Gasteiger partial charge in [0.1, 0.15) is 0 Å². The zero-order valence-corrected chi connectivity index (χ0v) is 19.7. The molecular weight excluding hydrogens is 312 g/mol. The van der Waals surface area contributed by atoms with Crippen molar-refractivity contribution in [2.75, 3.05) is 0 Å². The van der Waals surface area contributed by atoms with Crippen LogP contribution in [0.3, 0.4) is 0 Å². The summed E-state index contributed by atoms with van der Waals surface area (Å²) in [5, 5.41) is 0.483. The van der Waals surface area contributed by atoms with Crippen LogP contribution in [0, 0.1) is 0 Å². The van der Waals surface area contributed by atoms with Gasteiger partial charge < -0.3 is 4.12 Å². The van der Waals surface area contributed by atoms with E-state index < -0.39 is 16.6 Å². The molecule has 0 aromatic rings. The number of allylic oxidation sites excluding steroid dienone is 2. The first kappa shape index (κ1) is 22.9. The highest BCUT2D eigenvalue weighted by Gasteiger charge is 2.50. The summed E-state index contributed by atoms with van der Waals surface area (Å²) in [6, 6.07) is 2.36. The van der Waals surface area contributed by atoms with Crippen LogP contribution in [0.4, 0.5) is 0 Å². The Morgan fingerprint density at radius 3 is 1.17 bits per heavy atom. The SMILES string of the molecule is C=C(C)CC[Si](C)(O[Si](C)(CCC(=C)C)C(C)(C)C)C(C)(C)C. The fraction of sp³-hybridized carbons (Fsp3) is 0.800. The maximum Gasteiger partial charge on any atom is 0.182 e. The second-order valence-electron chi connectivity index (χ2n) is 9.98. The fourth-order valence-corrected chi connectivity index (χ4v) is 13.1. The molecule has 0 amide bonds. The molecule has 0 saturated carbocycles. The highest BCUT2D eigenvalue weighted by atomic mass is 28.4. The molecule has 0 aromatic heterocycles. The Labute approximate surface area is 148 Å². The lowest BCUT2D eigenvalue weighted by Crippen LogP contribution is -2.56. The smallest absolute Gasteiger partial charge is 0.182 e. The van der Waals surface area contributed by atoms with E-state index in [-0.39, 0.29) is 10.1 Å². The minimum absolute atomic E-state index is 0.241. The second kappa shape index (κ2) is 7.84. The van der Waals surface area contributed by atoms with Crippen LogP contribution in [-0.4, -0.2) is 16.6 Å². The molecule has 0 aromatic carbocycles. The highest BCUT2D eigenvalue weighted by molar-refractivity contribution is 6.88. The molecule has 136 valence electrons. The monoisotopic (exact) mass is 354 g/mol. The van der Waals surface area contributed by atoms with Gasteiger partial charge in [-0.15, -0.1) is 13.2 Å². The van der Waals surface area contributed by atoms with Crippen LogP contribution in [0.1, 0.15) is 68.2 Å². The van der Waals surface area contributed by atoms with E-state index in [1.807, 2.05) is 0 Å². The molecule has 0 aliphatic rings. The van der Waals surface area contributed by atoms with Crippen molar-refractivity contribution in [1.82, 2.24) is 0 Å².